The van der Waals surface area contributed by atoms with Gasteiger partial charge in [0.05, 0.1) is 18.1 Å². The van der Waals surface area contributed by atoms with Crippen molar-refractivity contribution in [2.75, 3.05) is 12.4 Å². The van der Waals surface area contributed by atoms with Crippen LogP contribution in [0.4, 0.5) is 10.3 Å². The first kappa shape index (κ1) is 19.7. The van der Waals surface area contributed by atoms with Gasteiger partial charge in [0.25, 0.3) is 0 Å². The molecule has 3 N–H and O–H groups in total. The van der Waals surface area contributed by atoms with E-state index in [1.54, 1.807) is 41.8 Å². The Morgan fingerprint density at radius 2 is 1.90 bits per heavy atom. The van der Waals surface area contributed by atoms with Crippen molar-refractivity contribution in [1.29, 1.82) is 0 Å². The topological polar surface area (TPSA) is 118 Å². The van der Waals surface area contributed by atoms with Gasteiger partial charge in [-0.3, -0.25) is 0 Å². The predicted octanol–water partition coefficient (Wildman–Crippen LogP) is 0.959. The third-order valence-corrected chi connectivity index (χ3v) is 4.42. The van der Waals surface area contributed by atoms with Crippen molar-refractivity contribution in [3.05, 3.63) is 59.7 Å². The first-order valence-electron chi connectivity index (χ1n) is 9.09. The molecule has 0 amide bonds. The molecule has 4 rings (SSSR count). The van der Waals surface area contributed by atoms with Gasteiger partial charge in [-0.2, -0.15) is 19.9 Å². The maximum Gasteiger partial charge on any atom is 0.490 e. The molecule has 0 unspecified atom stereocenters. The summed E-state index contributed by atoms with van der Waals surface area (Å²) in [6.45, 7) is 2.04. The van der Waals surface area contributed by atoms with E-state index in [1.165, 1.54) is 19.2 Å². The lowest BCUT2D eigenvalue weighted by Crippen LogP contribution is -2.30. The number of aryl methyl sites for hydroxylation is 1. The molecule has 0 bridgehead atoms. The average Bonchev–Trinajstić information content (AvgIpc) is 3.10. The van der Waals surface area contributed by atoms with Crippen molar-refractivity contribution in [2.45, 2.75) is 13.5 Å². The van der Waals surface area contributed by atoms with Gasteiger partial charge in [-0.15, -0.1) is 0 Å². The highest BCUT2D eigenvalue weighted by Crippen LogP contribution is 2.24. The lowest BCUT2D eigenvalue weighted by Gasteiger charge is -2.10. The molecule has 0 aliphatic carbocycles. The minimum Gasteiger partial charge on any atom is -0.468 e. The number of ether oxygens (including phenoxy) is 1. The molecule has 0 spiro atoms. The minimum atomic E-state index is -1.69. The number of fused-ring (bicyclic) bond motifs is 1. The number of hydrogen-bond acceptors (Lipinski definition) is 8. The molecule has 2 aromatic heterocycles. The summed E-state index contributed by atoms with van der Waals surface area (Å²) in [5, 5.41) is 22.3. The van der Waals surface area contributed by atoms with Crippen LogP contribution in [0.25, 0.3) is 17.0 Å². The number of nitrogens with one attached hydrogen (secondary N) is 1. The molecule has 0 saturated heterocycles. The molecule has 11 heteroatoms. The molecule has 2 aromatic carbocycles. The van der Waals surface area contributed by atoms with E-state index < -0.39 is 7.12 Å². The fourth-order valence-corrected chi connectivity index (χ4v) is 3.11. The van der Waals surface area contributed by atoms with Gasteiger partial charge in [-0.1, -0.05) is 24.3 Å². The second-order valence-corrected chi connectivity index (χ2v) is 6.51. The van der Waals surface area contributed by atoms with Gasteiger partial charge in [0.2, 0.25) is 11.9 Å². The molecule has 9 nitrogen and oxygen atoms in total. The van der Waals surface area contributed by atoms with E-state index in [0.29, 0.717) is 29.4 Å². The Bertz CT molecular complexity index is 1220. The van der Waals surface area contributed by atoms with E-state index in [0.717, 1.165) is 5.56 Å². The van der Waals surface area contributed by atoms with Crippen LogP contribution < -0.4 is 15.5 Å². The molecule has 4 aromatic rings. The molecule has 0 saturated carbocycles. The van der Waals surface area contributed by atoms with Gasteiger partial charge in [-0.25, -0.2) is 8.96 Å². The smallest absolute Gasteiger partial charge is 0.468 e. The zero-order valence-corrected chi connectivity index (χ0v) is 16.2. The van der Waals surface area contributed by atoms with Crippen molar-refractivity contribution in [3.63, 3.8) is 0 Å². The van der Waals surface area contributed by atoms with Crippen molar-refractivity contribution >= 4 is 29.6 Å². The summed E-state index contributed by atoms with van der Waals surface area (Å²) in [6.07, 6.45) is 0. The standard InChI is InChI=1S/C19H18BFN6O3/c1-11-23-17(22-10-12-5-3-6-13(21)9-12)26-18(24-11)27-15-8-4-7-14(20(28)29)16(15)25-19(27)30-2/h3-9,28-29H,10H2,1-2H3,(H,22,23,24,26). The summed E-state index contributed by atoms with van der Waals surface area (Å²) >= 11 is 0. The fourth-order valence-electron chi connectivity index (χ4n) is 3.11. The number of imidazole rings is 1. The lowest BCUT2D eigenvalue weighted by atomic mass is 9.79. The van der Waals surface area contributed by atoms with Crippen LogP contribution in [-0.4, -0.2) is 48.8 Å². The van der Waals surface area contributed by atoms with E-state index in [4.69, 9.17) is 4.74 Å². The van der Waals surface area contributed by atoms with Crippen LogP contribution in [0.15, 0.2) is 42.5 Å². The van der Waals surface area contributed by atoms with Gasteiger partial charge in [-0.05, 0) is 30.7 Å². The highest BCUT2D eigenvalue weighted by molar-refractivity contribution is 6.61. The maximum atomic E-state index is 13.4. The Labute approximate surface area is 171 Å². The van der Waals surface area contributed by atoms with Crippen LogP contribution in [0.1, 0.15) is 11.4 Å². The van der Waals surface area contributed by atoms with E-state index >= 15 is 0 Å². The van der Waals surface area contributed by atoms with Crippen LogP contribution in [0.2, 0.25) is 0 Å². The second-order valence-electron chi connectivity index (χ2n) is 6.51. The fraction of sp³-hybridized carbons (Fsp3) is 0.158. The first-order valence-corrected chi connectivity index (χ1v) is 9.09. The van der Waals surface area contributed by atoms with Gasteiger partial charge in [0, 0.05) is 12.0 Å². The van der Waals surface area contributed by atoms with Crippen LogP contribution in [0.3, 0.4) is 0 Å². The first-order chi connectivity index (χ1) is 14.5. The van der Waals surface area contributed by atoms with Gasteiger partial charge < -0.3 is 20.1 Å². The van der Waals surface area contributed by atoms with E-state index in [1.807, 2.05) is 0 Å². The number of benzene rings is 2. The predicted molar refractivity (Wildman–Crippen MR) is 109 cm³/mol. The number of hydrogen-bond donors (Lipinski definition) is 3. The quantitative estimate of drug-likeness (QED) is 0.404. The molecule has 0 fully saturated rings. The van der Waals surface area contributed by atoms with Crippen LogP contribution >= 0.6 is 0 Å². The Balaban J connectivity index is 1.75. The number of halogens is 1. The Morgan fingerprint density at radius 3 is 2.63 bits per heavy atom. The van der Waals surface area contributed by atoms with Crippen molar-refractivity contribution in [3.8, 4) is 12.0 Å². The molecule has 2 heterocycles. The minimum absolute atomic E-state index is 0.180. The normalized spacial score (nSPS) is 11.0. The highest BCUT2D eigenvalue weighted by Gasteiger charge is 2.22. The number of nitrogens with zero attached hydrogens (tertiary/aromatic N) is 5. The van der Waals surface area contributed by atoms with Crippen molar-refractivity contribution in [1.82, 2.24) is 24.5 Å². The lowest BCUT2D eigenvalue weighted by molar-refractivity contribution is 0.374. The zero-order chi connectivity index (χ0) is 21.3. The SMILES string of the molecule is COc1nc2c(B(O)O)cccc2n1-c1nc(C)nc(NCc2cccc(F)c2)n1. The van der Waals surface area contributed by atoms with E-state index in [-0.39, 0.29) is 23.2 Å². The third kappa shape index (κ3) is 3.80. The van der Waals surface area contributed by atoms with Gasteiger partial charge in [0.15, 0.2) is 0 Å². The van der Waals surface area contributed by atoms with Crippen LogP contribution in [0, 0.1) is 12.7 Å². The molecule has 152 valence electrons. The summed E-state index contributed by atoms with van der Waals surface area (Å²) in [7, 11) is -0.241. The number of rotatable bonds is 6. The van der Waals surface area contributed by atoms with Crippen LogP contribution in [-0.2, 0) is 6.54 Å². The van der Waals surface area contributed by atoms with Gasteiger partial charge in [0.1, 0.15) is 11.6 Å². The number of methoxy groups -OCH3 is 1. The Morgan fingerprint density at radius 1 is 1.10 bits per heavy atom. The van der Waals surface area contributed by atoms with Crippen molar-refractivity contribution in [2.24, 2.45) is 0 Å². The van der Waals surface area contributed by atoms with Crippen molar-refractivity contribution < 1.29 is 19.2 Å². The summed E-state index contributed by atoms with van der Waals surface area (Å²) < 4.78 is 20.3. The zero-order valence-electron chi connectivity index (χ0n) is 16.2. The van der Waals surface area contributed by atoms with Crippen LogP contribution in [0.5, 0.6) is 6.01 Å². The molecule has 0 radical (unpaired) electrons. The summed E-state index contributed by atoms with van der Waals surface area (Å²) in [5.41, 5.74) is 1.87. The number of aromatic nitrogens is 5. The Kier molecular flexibility index (Phi) is 5.30. The average molecular weight is 408 g/mol. The summed E-state index contributed by atoms with van der Waals surface area (Å²) in [4.78, 5) is 17.4. The third-order valence-electron chi connectivity index (χ3n) is 4.42. The molecule has 30 heavy (non-hydrogen) atoms. The maximum absolute atomic E-state index is 13.4. The summed E-state index contributed by atoms with van der Waals surface area (Å²) in [6, 6.07) is 11.4. The molecule has 0 aliphatic heterocycles. The second kappa shape index (κ2) is 8.05. The monoisotopic (exact) mass is 408 g/mol. The highest BCUT2D eigenvalue weighted by atomic mass is 19.1. The largest absolute Gasteiger partial charge is 0.490 e. The molecule has 0 atom stereocenters. The van der Waals surface area contributed by atoms with E-state index in [9.17, 15) is 14.4 Å². The molecular formula is C19H18BFN6O3. The molecular weight excluding hydrogens is 390 g/mol. The molecule has 0 aliphatic rings. The van der Waals surface area contributed by atoms with Gasteiger partial charge >= 0.3 is 13.1 Å². The Hall–Kier alpha value is -3.57. The number of anilines is 1. The number of para-hydroxylation sites is 1. The summed E-state index contributed by atoms with van der Waals surface area (Å²) in [5.74, 6) is 0.666. The van der Waals surface area contributed by atoms with E-state index in [2.05, 4.69) is 25.3 Å².